The minimum Gasteiger partial charge on any atom is -0.507 e. The van der Waals surface area contributed by atoms with E-state index in [-0.39, 0.29) is 11.6 Å². The first kappa shape index (κ1) is 23.6. The van der Waals surface area contributed by atoms with Gasteiger partial charge in [0.05, 0.1) is 24.5 Å². The van der Waals surface area contributed by atoms with Crippen LogP contribution in [0.25, 0.3) is 5.70 Å². The third kappa shape index (κ3) is 6.68. The third-order valence-electron chi connectivity index (χ3n) is 4.78. The quantitative estimate of drug-likeness (QED) is 0.467. The molecule has 0 unspecified atom stereocenters. The SMILES string of the molecule is Cc1ccc(C)c(C(=O)O)c1.NC(N)=C(/C=C(\N)c1ccccc1O)N1CCOCC1. The van der Waals surface area contributed by atoms with Crippen molar-refractivity contribution in [2.24, 2.45) is 17.2 Å². The van der Waals surface area contributed by atoms with Crippen LogP contribution in [0, 0.1) is 13.8 Å². The molecule has 8 N–H and O–H groups in total. The van der Waals surface area contributed by atoms with Gasteiger partial charge in [-0.05, 0) is 43.7 Å². The number of hydrogen-bond acceptors (Lipinski definition) is 7. The van der Waals surface area contributed by atoms with Gasteiger partial charge in [0.2, 0.25) is 0 Å². The summed E-state index contributed by atoms with van der Waals surface area (Å²) in [5.74, 6) is -0.533. The van der Waals surface area contributed by atoms with E-state index < -0.39 is 5.97 Å². The number of carbonyl (C=O) groups is 1. The summed E-state index contributed by atoms with van der Waals surface area (Å²) in [6, 6.07) is 12.3. The molecule has 0 atom stereocenters. The van der Waals surface area contributed by atoms with E-state index in [1.165, 1.54) is 0 Å². The molecule has 3 rings (SSSR count). The second-order valence-corrected chi connectivity index (χ2v) is 7.18. The van der Waals surface area contributed by atoms with Crippen molar-refractivity contribution in [3.05, 3.63) is 82.3 Å². The van der Waals surface area contributed by atoms with Crippen molar-refractivity contribution in [2.75, 3.05) is 26.3 Å². The van der Waals surface area contributed by atoms with E-state index in [1.54, 1.807) is 43.3 Å². The number of morpholine rings is 1. The number of carboxylic acid groups (broad SMARTS) is 1. The highest BCUT2D eigenvalue weighted by molar-refractivity contribution is 5.89. The third-order valence-corrected chi connectivity index (χ3v) is 4.78. The second kappa shape index (κ2) is 10.9. The van der Waals surface area contributed by atoms with Gasteiger partial charge in [0.25, 0.3) is 0 Å². The van der Waals surface area contributed by atoms with Gasteiger partial charge < -0.3 is 37.1 Å². The predicted molar refractivity (Wildman–Crippen MR) is 121 cm³/mol. The molecule has 31 heavy (non-hydrogen) atoms. The van der Waals surface area contributed by atoms with Crippen LogP contribution in [0.1, 0.15) is 27.0 Å². The van der Waals surface area contributed by atoms with Gasteiger partial charge >= 0.3 is 5.97 Å². The van der Waals surface area contributed by atoms with Gasteiger partial charge in [-0.3, -0.25) is 0 Å². The molecule has 1 aliphatic rings. The van der Waals surface area contributed by atoms with Gasteiger partial charge in [0, 0.05) is 24.4 Å². The average Bonchev–Trinajstić information content (AvgIpc) is 2.74. The van der Waals surface area contributed by atoms with Crippen LogP contribution in [0.2, 0.25) is 0 Å². The number of para-hydroxylation sites is 1. The topological polar surface area (TPSA) is 148 Å². The molecule has 8 nitrogen and oxygen atoms in total. The van der Waals surface area contributed by atoms with Crippen molar-refractivity contribution >= 4 is 11.7 Å². The molecule has 0 saturated carbocycles. The Bertz CT molecular complexity index is 975. The van der Waals surface area contributed by atoms with E-state index in [0.29, 0.717) is 48.8 Å². The lowest BCUT2D eigenvalue weighted by molar-refractivity contribution is 0.0549. The van der Waals surface area contributed by atoms with Crippen molar-refractivity contribution in [1.82, 2.24) is 4.90 Å². The molecule has 1 saturated heterocycles. The molecule has 8 heteroatoms. The maximum atomic E-state index is 10.6. The number of aryl methyl sites for hydroxylation is 2. The zero-order valence-corrected chi connectivity index (χ0v) is 17.8. The Kier molecular flexibility index (Phi) is 8.33. The van der Waals surface area contributed by atoms with Crippen LogP contribution >= 0.6 is 0 Å². The summed E-state index contributed by atoms with van der Waals surface area (Å²) in [6.07, 6.45) is 1.69. The first-order valence-corrected chi connectivity index (χ1v) is 9.84. The molecule has 166 valence electrons. The Morgan fingerprint density at radius 2 is 1.68 bits per heavy atom. The Morgan fingerprint density at radius 3 is 2.23 bits per heavy atom. The van der Waals surface area contributed by atoms with E-state index >= 15 is 0 Å². The first-order chi connectivity index (χ1) is 14.7. The summed E-state index contributed by atoms with van der Waals surface area (Å²) in [5, 5.41) is 18.5. The van der Waals surface area contributed by atoms with E-state index in [4.69, 9.17) is 27.0 Å². The molecular weight excluding hydrogens is 396 g/mol. The van der Waals surface area contributed by atoms with Crippen molar-refractivity contribution in [2.45, 2.75) is 13.8 Å². The minimum atomic E-state index is -0.855. The van der Waals surface area contributed by atoms with E-state index in [1.807, 2.05) is 24.0 Å². The molecular formula is C23H30N4O4. The van der Waals surface area contributed by atoms with Crippen LogP contribution in [-0.2, 0) is 4.74 Å². The summed E-state index contributed by atoms with van der Waals surface area (Å²) >= 11 is 0. The van der Waals surface area contributed by atoms with Gasteiger partial charge in [-0.2, -0.15) is 0 Å². The Balaban J connectivity index is 0.000000262. The summed E-state index contributed by atoms with van der Waals surface area (Å²) in [7, 11) is 0. The van der Waals surface area contributed by atoms with Crippen LogP contribution in [-0.4, -0.2) is 47.4 Å². The molecule has 0 amide bonds. The Hall–Kier alpha value is -3.65. The monoisotopic (exact) mass is 426 g/mol. The van der Waals surface area contributed by atoms with Crippen LogP contribution in [0.4, 0.5) is 0 Å². The van der Waals surface area contributed by atoms with Crippen molar-refractivity contribution in [3.63, 3.8) is 0 Å². The van der Waals surface area contributed by atoms with Crippen molar-refractivity contribution in [1.29, 1.82) is 0 Å². The summed E-state index contributed by atoms with van der Waals surface area (Å²) in [6.45, 7) is 6.34. The summed E-state index contributed by atoms with van der Waals surface area (Å²) in [5.41, 5.74) is 21.3. The maximum absolute atomic E-state index is 10.6. The van der Waals surface area contributed by atoms with Crippen LogP contribution in [0.15, 0.2) is 60.1 Å². The number of aromatic carboxylic acids is 1. The maximum Gasteiger partial charge on any atom is 0.335 e. The van der Waals surface area contributed by atoms with Gasteiger partial charge in [-0.1, -0.05) is 29.8 Å². The Labute approximate surface area is 182 Å². The molecule has 1 aliphatic heterocycles. The van der Waals surface area contributed by atoms with Crippen molar-refractivity contribution < 1.29 is 19.7 Å². The van der Waals surface area contributed by atoms with Gasteiger partial charge in [0.15, 0.2) is 0 Å². The summed E-state index contributed by atoms with van der Waals surface area (Å²) in [4.78, 5) is 12.6. The molecule has 2 aromatic rings. The minimum absolute atomic E-state index is 0.123. The highest BCUT2D eigenvalue weighted by Gasteiger charge is 2.15. The number of phenols is 1. The largest absolute Gasteiger partial charge is 0.507 e. The molecule has 0 aliphatic carbocycles. The average molecular weight is 427 g/mol. The van der Waals surface area contributed by atoms with Crippen LogP contribution in [0.3, 0.4) is 0 Å². The highest BCUT2D eigenvalue weighted by Crippen LogP contribution is 2.23. The highest BCUT2D eigenvalue weighted by atomic mass is 16.5. The molecule has 0 aromatic heterocycles. The second-order valence-electron chi connectivity index (χ2n) is 7.18. The molecule has 1 heterocycles. The number of nitrogens with zero attached hydrogens (tertiary/aromatic N) is 1. The van der Waals surface area contributed by atoms with Crippen molar-refractivity contribution in [3.8, 4) is 5.75 Å². The molecule has 0 bridgehead atoms. The number of phenolic OH excluding ortho intramolecular Hbond substituents is 1. The molecule has 0 spiro atoms. The van der Waals surface area contributed by atoms with Gasteiger partial charge in [-0.15, -0.1) is 0 Å². The zero-order valence-electron chi connectivity index (χ0n) is 17.8. The zero-order chi connectivity index (χ0) is 23.0. The van der Waals surface area contributed by atoms with Gasteiger partial charge in [0.1, 0.15) is 11.6 Å². The van der Waals surface area contributed by atoms with Crippen LogP contribution in [0.5, 0.6) is 5.75 Å². The smallest absolute Gasteiger partial charge is 0.335 e. The standard InChI is InChI=1S/C14H20N4O2.C9H10O2/c15-11(10-3-1-2-4-13(10)19)9-12(14(16)17)18-5-7-20-8-6-18;1-6-3-4-7(2)8(5-6)9(10)11/h1-4,9,19H,5-8,15-17H2;3-5H,1-2H3,(H,10,11)/b11-9-;. The van der Waals surface area contributed by atoms with E-state index in [2.05, 4.69) is 0 Å². The van der Waals surface area contributed by atoms with Gasteiger partial charge in [-0.25, -0.2) is 4.79 Å². The van der Waals surface area contributed by atoms with E-state index in [0.717, 1.165) is 11.1 Å². The normalized spacial score (nSPS) is 13.7. The number of rotatable bonds is 4. The predicted octanol–water partition coefficient (Wildman–Crippen LogP) is 2.11. The lowest BCUT2D eigenvalue weighted by Crippen LogP contribution is -2.37. The van der Waals surface area contributed by atoms with E-state index in [9.17, 15) is 9.90 Å². The Morgan fingerprint density at radius 1 is 1.03 bits per heavy atom. The number of aromatic hydroxyl groups is 1. The lowest BCUT2D eigenvalue weighted by atomic mass is 10.1. The number of allylic oxidation sites excluding steroid dienone is 1. The lowest BCUT2D eigenvalue weighted by Gasteiger charge is -2.30. The number of benzene rings is 2. The number of ether oxygens (including phenoxy) is 1. The van der Waals surface area contributed by atoms with Crippen LogP contribution < -0.4 is 17.2 Å². The number of nitrogens with two attached hydrogens (primary N) is 3. The summed E-state index contributed by atoms with van der Waals surface area (Å²) < 4.78 is 5.30. The molecule has 1 fully saturated rings. The fraction of sp³-hybridized carbons (Fsp3) is 0.261. The number of hydrogen-bond donors (Lipinski definition) is 5. The molecule has 2 aromatic carbocycles. The fourth-order valence-corrected chi connectivity index (χ4v) is 3.07. The molecule has 0 radical (unpaired) electrons. The number of carboxylic acids is 1. The first-order valence-electron chi connectivity index (χ1n) is 9.84. The fourth-order valence-electron chi connectivity index (χ4n) is 3.07.